The van der Waals surface area contributed by atoms with Crippen molar-refractivity contribution in [1.82, 2.24) is 25.2 Å². The van der Waals surface area contributed by atoms with Crippen LogP contribution in [0.5, 0.6) is 0 Å². The molecular formula is C11H15N5. The summed E-state index contributed by atoms with van der Waals surface area (Å²) < 4.78 is 0. The van der Waals surface area contributed by atoms with E-state index in [1.165, 1.54) is 12.8 Å². The molecule has 0 saturated heterocycles. The van der Waals surface area contributed by atoms with Gasteiger partial charge in [-0.15, -0.1) is 10.2 Å². The lowest BCUT2D eigenvalue weighted by Gasteiger charge is -1.96. The second kappa shape index (κ2) is 5.34. The molecule has 0 N–H and O–H groups in total. The first kappa shape index (κ1) is 10.7. The van der Waals surface area contributed by atoms with E-state index in [-0.39, 0.29) is 0 Å². The Morgan fingerprint density at radius 2 is 2.25 bits per heavy atom. The average Bonchev–Trinajstić information content (AvgIpc) is 2.79. The Morgan fingerprint density at radius 3 is 3.00 bits per heavy atom. The maximum Gasteiger partial charge on any atom is 0.206 e. The summed E-state index contributed by atoms with van der Waals surface area (Å²) in [6.07, 6.45) is 6.97. The van der Waals surface area contributed by atoms with Gasteiger partial charge in [-0.25, -0.2) is 0 Å². The third kappa shape index (κ3) is 2.62. The molecule has 0 bridgehead atoms. The van der Waals surface area contributed by atoms with Crippen LogP contribution < -0.4 is 0 Å². The molecule has 2 aromatic heterocycles. The van der Waals surface area contributed by atoms with E-state index in [0.29, 0.717) is 5.82 Å². The third-order valence-electron chi connectivity index (χ3n) is 2.33. The predicted octanol–water partition coefficient (Wildman–Crippen LogP) is 1.93. The van der Waals surface area contributed by atoms with E-state index >= 15 is 0 Å². The molecule has 0 fully saturated rings. The first-order valence-electron chi connectivity index (χ1n) is 5.58. The molecule has 0 spiro atoms. The number of rotatable bonds is 5. The summed E-state index contributed by atoms with van der Waals surface area (Å²) >= 11 is 0. The molecule has 0 aliphatic heterocycles. The highest BCUT2D eigenvalue weighted by molar-refractivity contribution is 5.51. The van der Waals surface area contributed by atoms with Crippen molar-refractivity contribution in [2.75, 3.05) is 0 Å². The number of tetrazole rings is 1. The monoisotopic (exact) mass is 217 g/mol. The van der Waals surface area contributed by atoms with Crippen molar-refractivity contribution in [3.8, 4) is 11.4 Å². The lowest BCUT2D eigenvalue weighted by Crippen LogP contribution is -2.02. The van der Waals surface area contributed by atoms with Gasteiger partial charge in [0.25, 0.3) is 0 Å². The number of pyridine rings is 1. The van der Waals surface area contributed by atoms with E-state index < -0.39 is 0 Å². The average molecular weight is 217 g/mol. The van der Waals surface area contributed by atoms with Crippen molar-refractivity contribution in [3.63, 3.8) is 0 Å². The minimum Gasteiger partial charge on any atom is -0.264 e. The molecule has 0 aliphatic carbocycles. The molecular weight excluding hydrogens is 202 g/mol. The maximum absolute atomic E-state index is 4.31. The summed E-state index contributed by atoms with van der Waals surface area (Å²) in [4.78, 5) is 5.68. The number of hydrogen-bond acceptors (Lipinski definition) is 4. The number of aryl methyl sites for hydroxylation is 1. The number of nitrogens with zero attached hydrogens (tertiary/aromatic N) is 5. The van der Waals surface area contributed by atoms with Crippen molar-refractivity contribution in [2.45, 2.75) is 32.7 Å². The quantitative estimate of drug-likeness (QED) is 0.718. The minimum absolute atomic E-state index is 0.643. The molecule has 2 rings (SSSR count). The minimum atomic E-state index is 0.643. The maximum atomic E-state index is 4.31. The van der Waals surface area contributed by atoms with Crippen LogP contribution in [0.3, 0.4) is 0 Å². The van der Waals surface area contributed by atoms with Crippen LogP contribution in [0.4, 0.5) is 0 Å². The number of hydrogen-bond donors (Lipinski definition) is 0. The van der Waals surface area contributed by atoms with E-state index in [0.717, 1.165) is 18.5 Å². The van der Waals surface area contributed by atoms with Gasteiger partial charge in [-0.3, -0.25) is 4.98 Å². The van der Waals surface area contributed by atoms with Crippen LogP contribution in [-0.2, 0) is 6.54 Å². The normalized spacial score (nSPS) is 10.6. The van der Waals surface area contributed by atoms with Crippen molar-refractivity contribution < 1.29 is 0 Å². The summed E-state index contributed by atoms with van der Waals surface area (Å²) in [6, 6.07) is 3.80. The Labute approximate surface area is 94.5 Å². The lowest BCUT2D eigenvalue weighted by molar-refractivity contribution is 0.486. The zero-order valence-corrected chi connectivity index (χ0v) is 9.37. The van der Waals surface area contributed by atoms with Gasteiger partial charge in [0.2, 0.25) is 5.82 Å². The summed E-state index contributed by atoms with van der Waals surface area (Å²) in [5.41, 5.74) is 0.907. The molecule has 0 aromatic carbocycles. The zero-order chi connectivity index (χ0) is 11.2. The lowest BCUT2D eigenvalue weighted by atomic mass is 10.2. The predicted molar refractivity (Wildman–Crippen MR) is 60.6 cm³/mol. The molecule has 0 amide bonds. The first-order valence-corrected chi connectivity index (χ1v) is 5.58. The Hall–Kier alpha value is -1.78. The van der Waals surface area contributed by atoms with Gasteiger partial charge in [0.15, 0.2) is 0 Å². The second-order valence-electron chi connectivity index (χ2n) is 3.66. The van der Waals surface area contributed by atoms with Crippen molar-refractivity contribution in [1.29, 1.82) is 0 Å². The van der Waals surface area contributed by atoms with Crippen LogP contribution in [0.1, 0.15) is 26.2 Å². The van der Waals surface area contributed by atoms with E-state index in [1.807, 2.05) is 12.1 Å². The highest BCUT2D eigenvalue weighted by atomic mass is 15.6. The van der Waals surface area contributed by atoms with E-state index in [2.05, 4.69) is 27.3 Å². The van der Waals surface area contributed by atoms with Crippen LogP contribution in [0, 0.1) is 0 Å². The Morgan fingerprint density at radius 1 is 1.31 bits per heavy atom. The van der Waals surface area contributed by atoms with Gasteiger partial charge in [0, 0.05) is 18.0 Å². The summed E-state index contributed by atoms with van der Waals surface area (Å²) in [5.74, 6) is 0.643. The molecule has 84 valence electrons. The van der Waals surface area contributed by atoms with Crippen LogP contribution in [0.15, 0.2) is 24.5 Å². The van der Waals surface area contributed by atoms with Gasteiger partial charge in [-0.2, -0.15) is 4.80 Å². The zero-order valence-electron chi connectivity index (χ0n) is 9.37. The molecule has 0 aliphatic rings. The van der Waals surface area contributed by atoms with Gasteiger partial charge in [0.1, 0.15) is 0 Å². The Kier molecular flexibility index (Phi) is 3.58. The van der Waals surface area contributed by atoms with Gasteiger partial charge >= 0.3 is 0 Å². The molecule has 0 radical (unpaired) electrons. The van der Waals surface area contributed by atoms with Gasteiger partial charge < -0.3 is 0 Å². The van der Waals surface area contributed by atoms with E-state index in [9.17, 15) is 0 Å². The third-order valence-corrected chi connectivity index (χ3v) is 2.33. The van der Waals surface area contributed by atoms with Crippen LogP contribution in [0.25, 0.3) is 11.4 Å². The van der Waals surface area contributed by atoms with Gasteiger partial charge in [-0.1, -0.05) is 19.8 Å². The highest BCUT2D eigenvalue weighted by Crippen LogP contribution is 2.10. The fourth-order valence-corrected chi connectivity index (χ4v) is 1.45. The molecule has 5 nitrogen and oxygen atoms in total. The topological polar surface area (TPSA) is 56.5 Å². The van der Waals surface area contributed by atoms with Crippen LogP contribution in [0.2, 0.25) is 0 Å². The molecule has 0 saturated carbocycles. The second-order valence-corrected chi connectivity index (χ2v) is 3.66. The summed E-state index contributed by atoms with van der Waals surface area (Å²) in [7, 11) is 0. The summed E-state index contributed by atoms with van der Waals surface area (Å²) in [6.45, 7) is 3.01. The van der Waals surface area contributed by atoms with Crippen LogP contribution >= 0.6 is 0 Å². The number of aromatic nitrogens is 5. The molecule has 5 heteroatoms. The van der Waals surface area contributed by atoms with Crippen molar-refractivity contribution in [3.05, 3.63) is 24.5 Å². The standard InChI is InChI=1S/C11H15N5/c1-2-3-4-8-16-14-11(13-15-16)10-6-5-7-12-9-10/h5-7,9H,2-4,8H2,1H3. The SMILES string of the molecule is CCCCCn1nnc(-c2cccnc2)n1. The van der Waals surface area contributed by atoms with Crippen molar-refractivity contribution >= 4 is 0 Å². The smallest absolute Gasteiger partial charge is 0.206 e. The molecule has 0 unspecified atom stereocenters. The number of unbranched alkanes of at least 4 members (excludes halogenated alkanes) is 2. The molecule has 16 heavy (non-hydrogen) atoms. The fourth-order valence-electron chi connectivity index (χ4n) is 1.45. The van der Waals surface area contributed by atoms with Gasteiger partial charge in [-0.05, 0) is 23.8 Å². The highest BCUT2D eigenvalue weighted by Gasteiger charge is 2.04. The first-order chi connectivity index (χ1) is 7.90. The Balaban J connectivity index is 2.02. The Bertz CT molecular complexity index is 423. The van der Waals surface area contributed by atoms with Crippen molar-refractivity contribution in [2.24, 2.45) is 0 Å². The van der Waals surface area contributed by atoms with E-state index in [1.54, 1.807) is 17.2 Å². The molecule has 0 atom stereocenters. The largest absolute Gasteiger partial charge is 0.264 e. The van der Waals surface area contributed by atoms with E-state index in [4.69, 9.17) is 0 Å². The van der Waals surface area contributed by atoms with Crippen LogP contribution in [-0.4, -0.2) is 25.2 Å². The summed E-state index contributed by atoms with van der Waals surface area (Å²) in [5, 5.41) is 12.3. The molecule has 2 aromatic rings. The van der Waals surface area contributed by atoms with Gasteiger partial charge in [0.05, 0.1) is 6.54 Å². The fraction of sp³-hybridized carbons (Fsp3) is 0.455. The molecule has 2 heterocycles.